The van der Waals surface area contributed by atoms with Crippen molar-refractivity contribution in [1.29, 1.82) is 0 Å². The Morgan fingerprint density at radius 3 is 2.53 bits per heavy atom. The normalized spacial score (nSPS) is 16.7. The van der Waals surface area contributed by atoms with E-state index >= 15 is 0 Å². The molecule has 0 radical (unpaired) electrons. The molecular formula is C20H20F2N4O6S2. The lowest BCUT2D eigenvalue weighted by molar-refractivity contribution is -0.0498. The van der Waals surface area contributed by atoms with E-state index < -0.39 is 37.9 Å². The number of halogens is 2. The second-order valence-electron chi connectivity index (χ2n) is 8.29. The minimum absolute atomic E-state index is 0.0789. The van der Waals surface area contributed by atoms with Gasteiger partial charge in [0.15, 0.2) is 15.7 Å². The lowest BCUT2D eigenvalue weighted by atomic mass is 10.1. The van der Waals surface area contributed by atoms with Gasteiger partial charge in [0, 0.05) is 17.0 Å². The average molecular weight is 515 g/mol. The summed E-state index contributed by atoms with van der Waals surface area (Å²) in [5.41, 5.74) is -0.0408. The molecule has 14 heteroatoms. The highest BCUT2D eigenvalue weighted by molar-refractivity contribution is 7.93. The number of sulfonamides is 1. The van der Waals surface area contributed by atoms with E-state index in [1.54, 1.807) is 13.0 Å². The summed E-state index contributed by atoms with van der Waals surface area (Å²) >= 11 is 0. The maximum atomic E-state index is 12.8. The van der Waals surface area contributed by atoms with E-state index in [0.717, 1.165) is 6.26 Å². The van der Waals surface area contributed by atoms with Crippen molar-refractivity contribution in [2.75, 3.05) is 22.5 Å². The van der Waals surface area contributed by atoms with Gasteiger partial charge in [0.05, 0.1) is 34.5 Å². The zero-order chi connectivity index (χ0) is 24.9. The van der Waals surface area contributed by atoms with Gasteiger partial charge in [0.2, 0.25) is 10.0 Å². The molecule has 2 N–H and O–H groups in total. The molecule has 1 fully saturated rings. The first-order valence-corrected chi connectivity index (χ1v) is 13.5. The monoisotopic (exact) mass is 514 g/mol. The highest BCUT2D eigenvalue weighted by Gasteiger charge is 2.45. The largest absolute Gasteiger partial charge is 0.435 e. The predicted octanol–water partition coefficient (Wildman–Crippen LogP) is 1.92. The second kappa shape index (κ2) is 8.20. The molecule has 0 bridgehead atoms. The van der Waals surface area contributed by atoms with Gasteiger partial charge in [-0.1, -0.05) is 6.07 Å². The topological polar surface area (TPSA) is 136 Å². The van der Waals surface area contributed by atoms with Crippen molar-refractivity contribution in [2.45, 2.75) is 19.1 Å². The number of amides is 1. The summed E-state index contributed by atoms with van der Waals surface area (Å²) in [6, 6.07) is 10.1. The third kappa shape index (κ3) is 5.12. The molecular weight excluding hydrogens is 494 g/mol. The van der Waals surface area contributed by atoms with Crippen LogP contribution in [-0.4, -0.2) is 62.4 Å². The molecule has 0 atom stereocenters. The van der Waals surface area contributed by atoms with Gasteiger partial charge in [-0.2, -0.15) is 8.78 Å². The Hall–Kier alpha value is -3.26. The molecule has 4 rings (SSSR count). The number of hydrogen-bond acceptors (Lipinski definition) is 7. The van der Waals surface area contributed by atoms with Crippen LogP contribution in [0.1, 0.15) is 17.3 Å². The van der Waals surface area contributed by atoms with Gasteiger partial charge in [0.1, 0.15) is 5.75 Å². The summed E-state index contributed by atoms with van der Waals surface area (Å²) in [7, 11) is -6.93. The molecule has 1 aliphatic rings. The Bertz CT molecular complexity index is 1490. The summed E-state index contributed by atoms with van der Waals surface area (Å²) in [5, 5.41) is 7.22. The third-order valence-corrected chi connectivity index (χ3v) is 7.72. The molecule has 0 aliphatic carbocycles. The van der Waals surface area contributed by atoms with Crippen molar-refractivity contribution in [3.63, 3.8) is 0 Å². The van der Waals surface area contributed by atoms with E-state index in [2.05, 4.69) is 19.9 Å². The summed E-state index contributed by atoms with van der Waals surface area (Å²) in [4.78, 5) is 12.8. The molecule has 3 aromatic rings. The number of carbonyl (C=O) groups excluding carboxylic acids is 1. The van der Waals surface area contributed by atoms with E-state index in [1.807, 2.05) is 0 Å². The molecule has 10 nitrogen and oxygen atoms in total. The number of fused-ring (bicyclic) bond motifs is 1. The number of anilines is 1. The number of nitrogens with zero attached hydrogens (tertiary/aromatic N) is 2. The van der Waals surface area contributed by atoms with Crippen molar-refractivity contribution in [1.82, 2.24) is 15.1 Å². The standard InChI is InChI=1S/C20H20F2N4O6S2/c1-20(10-34(30,31)11-20)23-18(27)12-6-7-16-15(8-12)17(25-33(2,28)29)24-26(16)13-4-3-5-14(9-13)32-19(21)22/h3-9,19H,10-11H2,1-2H3,(H,23,27)(H,24,25). The highest BCUT2D eigenvalue weighted by atomic mass is 32.2. The van der Waals surface area contributed by atoms with Crippen LogP contribution in [0.3, 0.4) is 0 Å². The van der Waals surface area contributed by atoms with Gasteiger partial charge < -0.3 is 10.1 Å². The van der Waals surface area contributed by atoms with E-state index in [-0.39, 0.29) is 34.0 Å². The zero-order valence-electron chi connectivity index (χ0n) is 17.9. The number of benzene rings is 2. The van der Waals surface area contributed by atoms with Crippen LogP contribution in [-0.2, 0) is 19.9 Å². The molecule has 1 amide bonds. The van der Waals surface area contributed by atoms with Crippen molar-refractivity contribution in [2.24, 2.45) is 0 Å². The summed E-state index contributed by atoms with van der Waals surface area (Å²) in [6.45, 7) is -1.41. The van der Waals surface area contributed by atoms with Crippen LogP contribution in [0.2, 0.25) is 0 Å². The number of carbonyl (C=O) groups is 1. The van der Waals surface area contributed by atoms with E-state index in [0.29, 0.717) is 11.2 Å². The smallest absolute Gasteiger partial charge is 0.387 e. The molecule has 2 aromatic carbocycles. The summed E-state index contributed by atoms with van der Waals surface area (Å²) in [6.07, 6.45) is 0.934. The maximum absolute atomic E-state index is 12.8. The number of aromatic nitrogens is 2. The Labute approximate surface area is 193 Å². The van der Waals surface area contributed by atoms with Gasteiger partial charge in [-0.05, 0) is 37.3 Å². The maximum Gasteiger partial charge on any atom is 0.387 e. The molecule has 182 valence electrons. The average Bonchev–Trinajstić information content (AvgIpc) is 3.02. The number of sulfone groups is 1. The fourth-order valence-corrected chi connectivity index (χ4v) is 6.35. The van der Waals surface area contributed by atoms with Gasteiger partial charge in [-0.25, -0.2) is 21.5 Å². The van der Waals surface area contributed by atoms with Crippen LogP contribution in [0.4, 0.5) is 14.6 Å². The van der Waals surface area contributed by atoms with Crippen molar-refractivity contribution in [3.05, 3.63) is 48.0 Å². The van der Waals surface area contributed by atoms with Crippen LogP contribution >= 0.6 is 0 Å². The lowest BCUT2D eigenvalue weighted by Gasteiger charge is -2.38. The molecule has 34 heavy (non-hydrogen) atoms. The van der Waals surface area contributed by atoms with Gasteiger partial charge >= 0.3 is 6.61 Å². The number of rotatable bonds is 7. The van der Waals surface area contributed by atoms with Crippen LogP contribution in [0, 0.1) is 0 Å². The number of hydrogen-bond donors (Lipinski definition) is 2. The van der Waals surface area contributed by atoms with Crippen LogP contribution in [0.5, 0.6) is 5.75 Å². The number of ether oxygens (including phenoxy) is 1. The molecule has 1 aliphatic heterocycles. The SMILES string of the molecule is CC1(NC(=O)c2ccc3c(c2)c(NS(C)(=O)=O)nn3-c2cccc(OC(F)F)c2)CS(=O)(=O)C1. The first-order valence-electron chi connectivity index (χ1n) is 9.82. The Balaban J connectivity index is 1.75. The van der Waals surface area contributed by atoms with Gasteiger partial charge in [0.25, 0.3) is 5.91 Å². The predicted molar refractivity (Wildman–Crippen MR) is 121 cm³/mol. The van der Waals surface area contributed by atoms with Gasteiger partial charge in [-0.3, -0.25) is 9.52 Å². The van der Waals surface area contributed by atoms with Crippen molar-refractivity contribution >= 4 is 42.5 Å². The van der Waals surface area contributed by atoms with Crippen LogP contribution < -0.4 is 14.8 Å². The van der Waals surface area contributed by atoms with E-state index in [9.17, 15) is 30.4 Å². The lowest BCUT2D eigenvalue weighted by Crippen LogP contribution is -2.63. The van der Waals surface area contributed by atoms with Crippen LogP contribution in [0.15, 0.2) is 42.5 Å². The Morgan fingerprint density at radius 1 is 1.21 bits per heavy atom. The molecule has 0 saturated carbocycles. The fraction of sp³-hybridized carbons (Fsp3) is 0.300. The second-order valence-corrected chi connectivity index (χ2v) is 12.1. The molecule has 2 heterocycles. The third-order valence-electron chi connectivity index (χ3n) is 5.00. The van der Waals surface area contributed by atoms with Gasteiger partial charge in [-0.15, -0.1) is 5.10 Å². The summed E-state index contributed by atoms with van der Waals surface area (Å²) < 4.78 is 80.0. The Kier molecular flexibility index (Phi) is 5.76. The van der Waals surface area contributed by atoms with Crippen molar-refractivity contribution < 1.29 is 35.1 Å². The number of alkyl halides is 2. The quantitative estimate of drug-likeness (QED) is 0.492. The highest BCUT2D eigenvalue weighted by Crippen LogP contribution is 2.30. The molecule has 0 spiro atoms. The minimum atomic E-state index is -3.75. The number of nitrogens with one attached hydrogen (secondary N) is 2. The molecule has 1 aromatic heterocycles. The fourth-order valence-electron chi connectivity index (χ4n) is 3.85. The van der Waals surface area contributed by atoms with E-state index in [1.165, 1.54) is 41.1 Å². The van der Waals surface area contributed by atoms with E-state index in [4.69, 9.17) is 0 Å². The molecule has 1 saturated heterocycles. The summed E-state index contributed by atoms with van der Waals surface area (Å²) in [5.74, 6) is -1.09. The van der Waals surface area contributed by atoms with Crippen molar-refractivity contribution in [3.8, 4) is 11.4 Å². The first-order chi connectivity index (χ1) is 15.7. The first kappa shape index (κ1) is 23.9. The molecule has 0 unspecified atom stereocenters. The van der Waals surface area contributed by atoms with Crippen LogP contribution in [0.25, 0.3) is 16.6 Å². The zero-order valence-corrected chi connectivity index (χ0v) is 19.6. The minimum Gasteiger partial charge on any atom is -0.435 e. The Morgan fingerprint density at radius 2 is 1.91 bits per heavy atom.